The van der Waals surface area contributed by atoms with Crippen LogP contribution in [0.5, 0.6) is 11.5 Å². The highest BCUT2D eigenvalue weighted by atomic mass is 32.1. The Morgan fingerprint density at radius 1 is 0.852 bits per heavy atom. The maximum absolute atomic E-state index is 5.86. The Kier molecular flexibility index (Phi) is 4.94. The summed E-state index contributed by atoms with van der Waals surface area (Å²) in [6.07, 6.45) is 3.65. The molecule has 27 heavy (non-hydrogen) atoms. The summed E-state index contributed by atoms with van der Waals surface area (Å²) in [6.45, 7) is 0. The topological polar surface area (TPSA) is 42.3 Å². The van der Waals surface area contributed by atoms with Crippen LogP contribution in [0.1, 0.15) is 5.56 Å². The van der Waals surface area contributed by atoms with Gasteiger partial charge < -0.3 is 9.72 Å². The largest absolute Gasteiger partial charge is 0.457 e. The predicted molar refractivity (Wildman–Crippen MR) is 111 cm³/mol. The van der Waals surface area contributed by atoms with Crippen molar-refractivity contribution in [2.75, 3.05) is 0 Å². The zero-order valence-corrected chi connectivity index (χ0v) is 15.3. The van der Waals surface area contributed by atoms with E-state index in [9.17, 15) is 0 Å². The predicted octanol–water partition coefficient (Wildman–Crippen LogP) is 5.89. The van der Waals surface area contributed by atoms with E-state index in [1.165, 1.54) is 0 Å². The normalized spacial score (nSPS) is 11.0. The first-order valence-corrected chi connectivity index (χ1v) is 8.93. The maximum atomic E-state index is 5.86. The van der Waals surface area contributed by atoms with E-state index in [2.05, 4.69) is 10.1 Å². The molecule has 0 saturated carbocycles. The van der Waals surface area contributed by atoms with Gasteiger partial charge in [-0.05, 0) is 47.6 Å². The Morgan fingerprint density at radius 3 is 2.33 bits per heavy atom. The van der Waals surface area contributed by atoms with Gasteiger partial charge in [0.2, 0.25) is 0 Å². The number of nitrogens with one attached hydrogen (secondary N) is 1. The second-order valence-electron chi connectivity index (χ2n) is 5.92. The summed E-state index contributed by atoms with van der Waals surface area (Å²) in [4.78, 5) is 3.18. The number of rotatable bonds is 5. The molecule has 4 aromatic rings. The molecule has 0 aliphatic carbocycles. The highest BCUT2D eigenvalue weighted by Crippen LogP contribution is 2.21. The summed E-state index contributed by atoms with van der Waals surface area (Å²) in [6, 6.07) is 27.5. The average Bonchev–Trinajstić information content (AvgIpc) is 3.09. The van der Waals surface area contributed by atoms with Crippen LogP contribution in [0.15, 0.2) is 96.2 Å². The third-order valence-corrected chi connectivity index (χ3v) is 4.24. The van der Waals surface area contributed by atoms with Crippen molar-refractivity contribution in [1.29, 1.82) is 0 Å². The van der Waals surface area contributed by atoms with E-state index in [1.54, 1.807) is 10.9 Å². The molecule has 4 rings (SSSR count). The molecule has 1 heterocycles. The van der Waals surface area contributed by atoms with Crippen molar-refractivity contribution in [3.05, 3.63) is 101 Å². The standard InChI is InChI=1S/C22H17N3OS/c27-22-24-21(18-9-3-1-4-10-18)16-25(22)23-15-17-8-7-13-20(14-17)26-19-11-5-2-6-12-19/h1-16H,(H,24,27)/b23-15+. The van der Waals surface area contributed by atoms with Crippen molar-refractivity contribution >= 4 is 18.4 Å². The van der Waals surface area contributed by atoms with Gasteiger partial charge in [0.25, 0.3) is 0 Å². The molecule has 0 amide bonds. The molecule has 3 aromatic carbocycles. The molecule has 0 unspecified atom stereocenters. The van der Waals surface area contributed by atoms with Crippen LogP contribution < -0.4 is 4.74 Å². The number of para-hydroxylation sites is 1. The molecular weight excluding hydrogens is 354 g/mol. The molecule has 132 valence electrons. The number of ether oxygens (including phenoxy) is 1. The number of H-pyrrole nitrogens is 1. The minimum Gasteiger partial charge on any atom is -0.457 e. The van der Waals surface area contributed by atoms with Crippen molar-refractivity contribution in [2.24, 2.45) is 5.10 Å². The molecule has 4 nitrogen and oxygen atoms in total. The van der Waals surface area contributed by atoms with Crippen LogP contribution in [0.25, 0.3) is 11.3 Å². The number of aromatic amines is 1. The summed E-state index contributed by atoms with van der Waals surface area (Å²) in [7, 11) is 0. The molecule has 1 aromatic heterocycles. The number of hydrogen-bond acceptors (Lipinski definition) is 3. The number of aromatic nitrogens is 2. The quantitative estimate of drug-likeness (QED) is 0.351. The molecule has 0 fully saturated rings. The van der Waals surface area contributed by atoms with Crippen molar-refractivity contribution < 1.29 is 4.74 Å². The lowest BCUT2D eigenvalue weighted by molar-refractivity contribution is 0.482. The lowest BCUT2D eigenvalue weighted by Gasteiger charge is -2.05. The van der Waals surface area contributed by atoms with Crippen LogP contribution in [0.2, 0.25) is 0 Å². The van der Waals surface area contributed by atoms with Gasteiger partial charge in [0.05, 0.1) is 18.1 Å². The van der Waals surface area contributed by atoms with Gasteiger partial charge in [0.1, 0.15) is 11.5 Å². The van der Waals surface area contributed by atoms with Crippen molar-refractivity contribution in [2.45, 2.75) is 0 Å². The molecule has 5 heteroatoms. The fourth-order valence-corrected chi connectivity index (χ4v) is 2.86. The maximum Gasteiger partial charge on any atom is 0.198 e. The summed E-state index contributed by atoms with van der Waals surface area (Å²) in [5, 5.41) is 4.47. The third kappa shape index (κ3) is 4.22. The van der Waals surface area contributed by atoms with E-state index >= 15 is 0 Å². The van der Waals surface area contributed by atoms with Crippen LogP contribution in [-0.4, -0.2) is 15.9 Å². The minimum absolute atomic E-state index is 0.543. The summed E-state index contributed by atoms with van der Waals surface area (Å²) in [5.41, 5.74) is 2.92. The number of nitrogens with zero attached hydrogens (tertiary/aromatic N) is 2. The Labute approximate surface area is 162 Å². The second kappa shape index (κ2) is 7.85. The molecule has 0 aliphatic rings. The molecular formula is C22H17N3OS. The first-order chi connectivity index (χ1) is 13.3. The Bertz CT molecular complexity index is 1120. The van der Waals surface area contributed by atoms with Gasteiger partial charge in [0, 0.05) is 0 Å². The molecule has 0 saturated heterocycles. The van der Waals surface area contributed by atoms with Crippen LogP contribution in [0.3, 0.4) is 0 Å². The van der Waals surface area contributed by atoms with Crippen LogP contribution in [0, 0.1) is 4.77 Å². The molecule has 0 spiro atoms. The second-order valence-corrected chi connectivity index (χ2v) is 6.30. The SMILES string of the molecule is S=c1[nH]c(-c2ccccc2)cn1/N=C/c1cccc(Oc2ccccc2)c1. The van der Waals surface area contributed by atoms with Gasteiger partial charge in [-0.2, -0.15) is 5.10 Å². The molecule has 1 N–H and O–H groups in total. The van der Waals surface area contributed by atoms with Gasteiger partial charge in [0.15, 0.2) is 4.77 Å². The summed E-state index contributed by atoms with van der Waals surface area (Å²) in [5.74, 6) is 1.56. The van der Waals surface area contributed by atoms with Gasteiger partial charge in [-0.15, -0.1) is 0 Å². The minimum atomic E-state index is 0.543. The summed E-state index contributed by atoms with van der Waals surface area (Å²) < 4.78 is 8.06. The van der Waals surface area contributed by atoms with E-state index in [1.807, 2.05) is 91.1 Å². The van der Waals surface area contributed by atoms with Crippen molar-refractivity contribution in [3.8, 4) is 22.8 Å². The zero-order valence-electron chi connectivity index (χ0n) is 14.4. The van der Waals surface area contributed by atoms with E-state index in [0.717, 1.165) is 28.3 Å². The van der Waals surface area contributed by atoms with Crippen LogP contribution in [-0.2, 0) is 0 Å². The van der Waals surface area contributed by atoms with Gasteiger partial charge in [-0.3, -0.25) is 0 Å². The molecule has 0 radical (unpaired) electrons. The number of benzene rings is 3. The molecule has 0 atom stereocenters. The Morgan fingerprint density at radius 2 is 1.56 bits per heavy atom. The summed E-state index contributed by atoms with van der Waals surface area (Å²) >= 11 is 5.37. The third-order valence-electron chi connectivity index (χ3n) is 3.95. The molecule has 0 aliphatic heterocycles. The lowest BCUT2D eigenvalue weighted by Crippen LogP contribution is -1.90. The lowest BCUT2D eigenvalue weighted by atomic mass is 10.2. The highest BCUT2D eigenvalue weighted by molar-refractivity contribution is 7.71. The van der Waals surface area contributed by atoms with Gasteiger partial charge in [-0.25, -0.2) is 4.68 Å². The first-order valence-electron chi connectivity index (χ1n) is 8.52. The Balaban J connectivity index is 1.54. The van der Waals surface area contributed by atoms with E-state index in [4.69, 9.17) is 17.0 Å². The zero-order chi connectivity index (χ0) is 18.5. The van der Waals surface area contributed by atoms with E-state index < -0.39 is 0 Å². The Hall–Kier alpha value is -3.44. The van der Waals surface area contributed by atoms with Crippen LogP contribution in [0.4, 0.5) is 0 Å². The fraction of sp³-hybridized carbons (Fsp3) is 0. The number of imidazole rings is 1. The first kappa shape index (κ1) is 17.0. The van der Waals surface area contributed by atoms with Gasteiger partial charge in [-0.1, -0.05) is 60.7 Å². The van der Waals surface area contributed by atoms with Crippen LogP contribution >= 0.6 is 12.2 Å². The smallest absolute Gasteiger partial charge is 0.198 e. The monoisotopic (exact) mass is 371 g/mol. The van der Waals surface area contributed by atoms with Crippen molar-refractivity contribution in [1.82, 2.24) is 9.66 Å². The highest BCUT2D eigenvalue weighted by Gasteiger charge is 2.02. The van der Waals surface area contributed by atoms with Gasteiger partial charge >= 0.3 is 0 Å². The average molecular weight is 371 g/mol. The van der Waals surface area contributed by atoms with E-state index in [-0.39, 0.29) is 0 Å². The van der Waals surface area contributed by atoms with Crippen molar-refractivity contribution in [3.63, 3.8) is 0 Å². The fourth-order valence-electron chi connectivity index (χ4n) is 2.65. The molecule has 0 bridgehead atoms. The number of hydrogen-bond donors (Lipinski definition) is 1. The van der Waals surface area contributed by atoms with E-state index in [0.29, 0.717) is 4.77 Å².